The summed E-state index contributed by atoms with van der Waals surface area (Å²) in [7, 11) is 1.86. The number of carbonyl (C=O) groups excluding carboxylic acids is 1. The Kier molecular flexibility index (Phi) is 7.28. The Hall–Kier alpha value is -1.50. The first kappa shape index (κ1) is 17.6. The number of rotatable bonds is 8. The molecule has 0 saturated heterocycles. The molecular weight excluding hydrogens is 286 g/mol. The third-order valence-corrected chi connectivity index (χ3v) is 3.20. The van der Waals surface area contributed by atoms with Crippen molar-refractivity contribution >= 4 is 29.3 Å². The third kappa shape index (κ3) is 6.20. The van der Waals surface area contributed by atoms with Crippen LogP contribution >= 0.6 is 11.8 Å². The van der Waals surface area contributed by atoms with Crippen molar-refractivity contribution in [3.63, 3.8) is 0 Å². The average molecular weight is 311 g/mol. The fraction of sp³-hybridized carbons (Fsp3) is 0.643. The molecule has 0 unspecified atom stereocenters. The SMILES string of the molecule is CCCNc1cc(N(C)CC(=O)NC(C)C)nc(SC)n1. The highest BCUT2D eigenvalue weighted by Gasteiger charge is 2.12. The molecule has 21 heavy (non-hydrogen) atoms. The van der Waals surface area contributed by atoms with E-state index in [2.05, 4.69) is 27.5 Å². The van der Waals surface area contributed by atoms with E-state index in [1.54, 1.807) is 0 Å². The number of hydrogen-bond donors (Lipinski definition) is 2. The minimum atomic E-state index is -0.0140. The molecule has 0 bridgehead atoms. The lowest BCUT2D eigenvalue weighted by molar-refractivity contribution is -0.120. The maximum absolute atomic E-state index is 11.8. The van der Waals surface area contributed by atoms with Crippen LogP contribution in [0.25, 0.3) is 0 Å². The molecule has 6 nitrogen and oxygen atoms in total. The molecule has 1 amide bonds. The molecule has 7 heteroatoms. The predicted octanol–water partition coefficient (Wildman–Crippen LogP) is 1.98. The van der Waals surface area contributed by atoms with Gasteiger partial charge in [-0.2, -0.15) is 0 Å². The second kappa shape index (κ2) is 8.71. The van der Waals surface area contributed by atoms with E-state index in [0.29, 0.717) is 5.16 Å². The molecule has 0 atom stereocenters. The first-order chi connectivity index (χ1) is 9.96. The predicted molar refractivity (Wildman–Crippen MR) is 89.1 cm³/mol. The van der Waals surface area contributed by atoms with Gasteiger partial charge in [0.25, 0.3) is 0 Å². The van der Waals surface area contributed by atoms with E-state index < -0.39 is 0 Å². The summed E-state index contributed by atoms with van der Waals surface area (Å²) in [6.45, 7) is 7.13. The second-order valence-electron chi connectivity index (χ2n) is 5.10. The van der Waals surface area contributed by atoms with Gasteiger partial charge in [-0.15, -0.1) is 0 Å². The summed E-state index contributed by atoms with van der Waals surface area (Å²) in [5.74, 6) is 1.52. The van der Waals surface area contributed by atoms with Crippen molar-refractivity contribution in [3.8, 4) is 0 Å². The van der Waals surface area contributed by atoms with Gasteiger partial charge in [0, 0.05) is 25.7 Å². The van der Waals surface area contributed by atoms with Crippen LogP contribution in [0.15, 0.2) is 11.2 Å². The maximum Gasteiger partial charge on any atom is 0.239 e. The van der Waals surface area contributed by atoms with E-state index in [9.17, 15) is 4.79 Å². The molecule has 2 N–H and O–H groups in total. The van der Waals surface area contributed by atoms with Gasteiger partial charge in [0.05, 0.1) is 6.54 Å². The highest BCUT2D eigenvalue weighted by molar-refractivity contribution is 7.98. The summed E-state index contributed by atoms with van der Waals surface area (Å²) in [5, 5.41) is 6.83. The Balaban J connectivity index is 2.81. The third-order valence-electron chi connectivity index (χ3n) is 2.65. The summed E-state index contributed by atoms with van der Waals surface area (Å²) >= 11 is 1.49. The van der Waals surface area contributed by atoms with Gasteiger partial charge in [0.1, 0.15) is 11.6 Å². The van der Waals surface area contributed by atoms with E-state index >= 15 is 0 Å². The van der Waals surface area contributed by atoms with Crippen molar-refractivity contribution < 1.29 is 4.79 Å². The quantitative estimate of drug-likeness (QED) is 0.565. The Bertz CT molecular complexity index is 467. The lowest BCUT2D eigenvalue weighted by atomic mass is 10.3. The topological polar surface area (TPSA) is 70.2 Å². The smallest absolute Gasteiger partial charge is 0.239 e. The molecule has 0 radical (unpaired) electrons. The first-order valence-electron chi connectivity index (χ1n) is 7.13. The molecule has 0 aliphatic carbocycles. The largest absolute Gasteiger partial charge is 0.370 e. The summed E-state index contributed by atoms with van der Waals surface area (Å²) in [6.07, 6.45) is 2.97. The van der Waals surface area contributed by atoms with E-state index in [1.165, 1.54) is 11.8 Å². The maximum atomic E-state index is 11.8. The van der Waals surface area contributed by atoms with Crippen LogP contribution in [0, 0.1) is 0 Å². The van der Waals surface area contributed by atoms with Crippen molar-refractivity contribution in [3.05, 3.63) is 6.07 Å². The fourth-order valence-electron chi connectivity index (χ4n) is 1.71. The van der Waals surface area contributed by atoms with Gasteiger partial charge < -0.3 is 15.5 Å². The summed E-state index contributed by atoms with van der Waals surface area (Å²) in [4.78, 5) is 22.5. The molecule has 118 valence electrons. The van der Waals surface area contributed by atoms with Gasteiger partial charge in [-0.25, -0.2) is 9.97 Å². The van der Waals surface area contributed by atoms with Gasteiger partial charge in [-0.1, -0.05) is 18.7 Å². The number of aromatic nitrogens is 2. The number of nitrogens with one attached hydrogen (secondary N) is 2. The Morgan fingerprint density at radius 3 is 2.71 bits per heavy atom. The number of carbonyl (C=O) groups is 1. The minimum Gasteiger partial charge on any atom is -0.370 e. The van der Waals surface area contributed by atoms with E-state index in [1.807, 2.05) is 38.1 Å². The number of thioether (sulfide) groups is 1. The average Bonchev–Trinajstić information content (AvgIpc) is 2.43. The molecule has 0 saturated carbocycles. The zero-order valence-corrected chi connectivity index (χ0v) is 14.3. The molecule has 0 aliphatic rings. The molecule has 0 aliphatic heterocycles. The zero-order chi connectivity index (χ0) is 15.8. The standard InChI is InChI=1S/C14H25N5OS/c1-6-7-15-11-8-12(18-14(17-11)21-5)19(4)9-13(20)16-10(2)3/h8,10H,6-7,9H2,1-5H3,(H,16,20)(H,15,17,18). The van der Waals surface area contributed by atoms with Gasteiger partial charge in [0.2, 0.25) is 5.91 Å². The Morgan fingerprint density at radius 1 is 1.43 bits per heavy atom. The number of nitrogens with zero attached hydrogens (tertiary/aromatic N) is 3. The van der Waals surface area contributed by atoms with E-state index in [0.717, 1.165) is 24.6 Å². The lowest BCUT2D eigenvalue weighted by Gasteiger charge is -2.20. The van der Waals surface area contributed by atoms with Crippen LogP contribution < -0.4 is 15.5 Å². The lowest BCUT2D eigenvalue weighted by Crippen LogP contribution is -2.38. The van der Waals surface area contributed by atoms with Crippen LogP contribution in [0.5, 0.6) is 0 Å². The van der Waals surface area contributed by atoms with Crippen molar-refractivity contribution in [1.29, 1.82) is 0 Å². The van der Waals surface area contributed by atoms with Crippen molar-refractivity contribution in [1.82, 2.24) is 15.3 Å². The minimum absolute atomic E-state index is 0.0140. The van der Waals surface area contributed by atoms with E-state index in [-0.39, 0.29) is 18.5 Å². The van der Waals surface area contributed by atoms with Crippen molar-refractivity contribution in [2.24, 2.45) is 0 Å². The van der Waals surface area contributed by atoms with Crippen molar-refractivity contribution in [2.75, 3.05) is 36.6 Å². The van der Waals surface area contributed by atoms with Crippen molar-refractivity contribution in [2.45, 2.75) is 38.4 Å². The molecule has 1 rings (SSSR count). The van der Waals surface area contributed by atoms with E-state index in [4.69, 9.17) is 0 Å². The van der Waals surface area contributed by atoms with Gasteiger partial charge in [0.15, 0.2) is 5.16 Å². The molecule has 1 heterocycles. The Labute approximate surface area is 131 Å². The molecule has 0 spiro atoms. The molecule has 1 aromatic rings. The van der Waals surface area contributed by atoms with Crippen LogP contribution in [-0.2, 0) is 4.79 Å². The number of likely N-dealkylation sites (N-methyl/N-ethyl adjacent to an activating group) is 1. The Morgan fingerprint density at radius 2 is 2.14 bits per heavy atom. The molecule has 0 fully saturated rings. The van der Waals surface area contributed by atoms with Gasteiger partial charge >= 0.3 is 0 Å². The summed E-state index contributed by atoms with van der Waals surface area (Å²) < 4.78 is 0. The summed E-state index contributed by atoms with van der Waals surface area (Å²) in [6, 6.07) is 2.01. The zero-order valence-electron chi connectivity index (χ0n) is 13.4. The number of amides is 1. The summed E-state index contributed by atoms with van der Waals surface area (Å²) in [5.41, 5.74) is 0. The highest BCUT2D eigenvalue weighted by atomic mass is 32.2. The highest BCUT2D eigenvalue weighted by Crippen LogP contribution is 2.19. The fourth-order valence-corrected chi connectivity index (χ4v) is 2.08. The number of hydrogen-bond acceptors (Lipinski definition) is 6. The molecule has 1 aromatic heterocycles. The van der Waals surface area contributed by atoms with Gasteiger partial charge in [-0.05, 0) is 26.5 Å². The van der Waals surface area contributed by atoms with Crippen LogP contribution in [-0.4, -0.2) is 48.3 Å². The van der Waals surface area contributed by atoms with Crippen LogP contribution in [0.2, 0.25) is 0 Å². The monoisotopic (exact) mass is 311 g/mol. The second-order valence-corrected chi connectivity index (χ2v) is 5.88. The van der Waals surface area contributed by atoms with Crippen LogP contribution in [0.1, 0.15) is 27.2 Å². The number of anilines is 2. The molecule has 0 aromatic carbocycles. The molecular formula is C14H25N5OS. The normalized spacial score (nSPS) is 10.6. The van der Waals surface area contributed by atoms with Crippen LogP contribution in [0.3, 0.4) is 0 Å². The first-order valence-corrected chi connectivity index (χ1v) is 8.36. The van der Waals surface area contributed by atoms with Gasteiger partial charge in [-0.3, -0.25) is 4.79 Å². The van der Waals surface area contributed by atoms with Crippen LogP contribution in [0.4, 0.5) is 11.6 Å².